The smallest absolute Gasteiger partial charge is 0.307 e. The molecule has 1 unspecified atom stereocenters. The zero-order chi connectivity index (χ0) is 11.3. The fourth-order valence-electron chi connectivity index (χ4n) is 1.19. The Labute approximate surface area is 88.1 Å². The maximum atomic E-state index is 10.4. The highest BCUT2D eigenvalue weighted by Crippen LogP contribution is 2.14. The lowest BCUT2D eigenvalue weighted by atomic mass is 10.2. The lowest BCUT2D eigenvalue weighted by Crippen LogP contribution is -2.16. The van der Waals surface area contributed by atoms with Gasteiger partial charge in [-0.05, 0) is 24.6 Å². The van der Waals surface area contributed by atoms with Gasteiger partial charge in [-0.25, -0.2) is 0 Å². The minimum Gasteiger partial charge on any atom is -0.490 e. The highest BCUT2D eigenvalue weighted by atomic mass is 16.5. The highest BCUT2D eigenvalue weighted by molar-refractivity contribution is 5.67. The summed E-state index contributed by atoms with van der Waals surface area (Å²) in [7, 11) is 0. The Morgan fingerprint density at radius 2 is 2.00 bits per heavy atom. The number of carbonyl (C=O) groups is 1. The van der Waals surface area contributed by atoms with E-state index in [0.717, 1.165) is 5.56 Å². The van der Waals surface area contributed by atoms with E-state index >= 15 is 0 Å². The molecule has 1 rings (SSSR count). The van der Waals surface area contributed by atoms with Gasteiger partial charge < -0.3 is 14.9 Å². The molecule has 0 spiro atoms. The lowest BCUT2D eigenvalue weighted by molar-refractivity contribution is -0.138. The van der Waals surface area contributed by atoms with Gasteiger partial charge in [-0.2, -0.15) is 0 Å². The molecule has 0 aliphatic rings. The first-order valence-electron chi connectivity index (χ1n) is 4.70. The number of aliphatic hydroxyl groups excluding tert-OH is 1. The van der Waals surface area contributed by atoms with Crippen molar-refractivity contribution in [2.45, 2.75) is 26.1 Å². The molecule has 4 nitrogen and oxygen atoms in total. The minimum atomic E-state index is -0.880. The summed E-state index contributed by atoms with van der Waals surface area (Å²) < 4.78 is 5.36. The van der Waals surface area contributed by atoms with Crippen LogP contribution in [0, 0.1) is 0 Å². The summed E-state index contributed by atoms with van der Waals surface area (Å²) in [5, 5.41) is 17.3. The molecule has 0 saturated carbocycles. The van der Waals surface area contributed by atoms with Crippen LogP contribution in [0.2, 0.25) is 0 Å². The van der Waals surface area contributed by atoms with Gasteiger partial charge in [0.05, 0.1) is 13.0 Å². The molecule has 2 N–H and O–H groups in total. The summed E-state index contributed by atoms with van der Waals surface area (Å²) in [5.74, 6) is -0.268. The molecule has 0 aromatic heterocycles. The first-order chi connectivity index (χ1) is 7.11. The van der Waals surface area contributed by atoms with Crippen molar-refractivity contribution in [3.05, 3.63) is 29.8 Å². The van der Waals surface area contributed by atoms with E-state index in [1.165, 1.54) is 0 Å². The molecule has 15 heavy (non-hydrogen) atoms. The van der Waals surface area contributed by atoms with Crippen LogP contribution in [0.4, 0.5) is 0 Å². The van der Waals surface area contributed by atoms with Crippen LogP contribution < -0.4 is 4.74 Å². The van der Waals surface area contributed by atoms with E-state index in [9.17, 15) is 4.79 Å². The number of ether oxygens (including phenoxy) is 1. The summed E-state index contributed by atoms with van der Waals surface area (Å²) in [6, 6.07) is 6.90. The first kappa shape index (κ1) is 11.5. The first-order valence-corrected chi connectivity index (χ1v) is 4.70. The third-order valence-electron chi connectivity index (χ3n) is 1.91. The van der Waals surface area contributed by atoms with Gasteiger partial charge >= 0.3 is 5.97 Å². The van der Waals surface area contributed by atoms with Crippen molar-refractivity contribution >= 4 is 5.97 Å². The van der Waals surface area contributed by atoms with Crippen molar-refractivity contribution in [3.63, 3.8) is 0 Å². The second-order valence-electron chi connectivity index (χ2n) is 3.33. The van der Waals surface area contributed by atoms with Crippen molar-refractivity contribution in [1.82, 2.24) is 0 Å². The van der Waals surface area contributed by atoms with E-state index in [1.54, 1.807) is 31.2 Å². The Kier molecular flexibility index (Phi) is 4.12. The Morgan fingerprint density at radius 1 is 1.40 bits per heavy atom. The van der Waals surface area contributed by atoms with Crippen LogP contribution in [-0.2, 0) is 11.4 Å². The molecule has 0 bridgehead atoms. The number of aliphatic hydroxyl groups is 1. The summed E-state index contributed by atoms with van der Waals surface area (Å²) in [4.78, 5) is 10.4. The molecule has 0 aliphatic heterocycles. The van der Waals surface area contributed by atoms with Crippen molar-refractivity contribution in [1.29, 1.82) is 0 Å². The molecule has 0 heterocycles. The molecule has 4 heteroatoms. The van der Waals surface area contributed by atoms with E-state index in [4.69, 9.17) is 14.9 Å². The molecule has 0 radical (unpaired) electrons. The third-order valence-corrected chi connectivity index (χ3v) is 1.91. The van der Waals surface area contributed by atoms with Gasteiger partial charge in [0, 0.05) is 0 Å². The number of carboxylic acids is 1. The summed E-state index contributed by atoms with van der Waals surface area (Å²) >= 11 is 0. The van der Waals surface area contributed by atoms with Gasteiger partial charge in [0.1, 0.15) is 11.9 Å². The Bertz CT molecular complexity index is 318. The van der Waals surface area contributed by atoms with Crippen LogP contribution in [-0.4, -0.2) is 22.3 Å². The number of hydrogen-bond donors (Lipinski definition) is 2. The molecule has 0 saturated heterocycles. The van der Waals surface area contributed by atoms with Crippen molar-refractivity contribution < 1.29 is 19.7 Å². The number of carboxylic acid groups (broad SMARTS) is 1. The van der Waals surface area contributed by atoms with Crippen LogP contribution >= 0.6 is 0 Å². The third kappa shape index (κ3) is 3.99. The number of hydrogen-bond acceptors (Lipinski definition) is 3. The van der Waals surface area contributed by atoms with E-state index in [2.05, 4.69) is 0 Å². The van der Waals surface area contributed by atoms with Gasteiger partial charge in [0.2, 0.25) is 0 Å². The maximum absolute atomic E-state index is 10.4. The molecule has 1 atom stereocenters. The molecule has 0 amide bonds. The Morgan fingerprint density at radius 3 is 2.47 bits per heavy atom. The Balaban J connectivity index is 2.53. The zero-order valence-electron chi connectivity index (χ0n) is 8.51. The van der Waals surface area contributed by atoms with E-state index < -0.39 is 5.97 Å². The Hall–Kier alpha value is -1.55. The second kappa shape index (κ2) is 5.36. The van der Waals surface area contributed by atoms with Crippen molar-refractivity contribution in [2.24, 2.45) is 0 Å². The van der Waals surface area contributed by atoms with Crippen LogP contribution in [0.5, 0.6) is 5.75 Å². The maximum Gasteiger partial charge on any atom is 0.307 e. The zero-order valence-corrected chi connectivity index (χ0v) is 8.51. The predicted octanol–water partition coefficient (Wildman–Crippen LogP) is 1.42. The molecular weight excluding hydrogens is 196 g/mol. The molecule has 1 aromatic carbocycles. The van der Waals surface area contributed by atoms with Crippen LogP contribution in [0.1, 0.15) is 18.9 Å². The average molecular weight is 210 g/mol. The van der Waals surface area contributed by atoms with Gasteiger partial charge in [-0.15, -0.1) is 0 Å². The molecule has 1 aromatic rings. The average Bonchev–Trinajstić information content (AvgIpc) is 2.17. The van der Waals surface area contributed by atoms with Gasteiger partial charge in [0.15, 0.2) is 0 Å². The predicted molar refractivity (Wildman–Crippen MR) is 54.7 cm³/mol. The van der Waals surface area contributed by atoms with Crippen LogP contribution in [0.15, 0.2) is 24.3 Å². The number of rotatable bonds is 5. The summed E-state index contributed by atoms with van der Waals surface area (Å²) in [6.07, 6.45) is -0.385. The van der Waals surface area contributed by atoms with Crippen molar-refractivity contribution in [2.75, 3.05) is 0 Å². The fraction of sp³-hybridized carbons (Fsp3) is 0.364. The second-order valence-corrected chi connectivity index (χ2v) is 3.33. The quantitative estimate of drug-likeness (QED) is 0.771. The topological polar surface area (TPSA) is 66.8 Å². The van der Waals surface area contributed by atoms with E-state index in [-0.39, 0.29) is 19.1 Å². The van der Waals surface area contributed by atoms with Gasteiger partial charge in [-0.3, -0.25) is 4.79 Å². The van der Waals surface area contributed by atoms with E-state index in [0.29, 0.717) is 5.75 Å². The van der Waals surface area contributed by atoms with Crippen molar-refractivity contribution in [3.8, 4) is 5.75 Å². The normalized spacial score (nSPS) is 12.1. The molecular formula is C11H14O4. The van der Waals surface area contributed by atoms with E-state index in [1.807, 2.05) is 0 Å². The monoisotopic (exact) mass is 210 g/mol. The minimum absolute atomic E-state index is 0.00897. The number of benzene rings is 1. The summed E-state index contributed by atoms with van der Waals surface area (Å²) in [6.45, 7) is 1.69. The van der Waals surface area contributed by atoms with Gasteiger partial charge in [0.25, 0.3) is 0 Å². The van der Waals surface area contributed by atoms with Crippen LogP contribution in [0.25, 0.3) is 0 Å². The standard InChI is InChI=1S/C11H14O4/c1-8(6-11(13)14)15-10-4-2-9(7-12)3-5-10/h2-5,8,12H,6-7H2,1H3,(H,13,14). The molecule has 0 aliphatic carbocycles. The molecule has 0 fully saturated rings. The number of aliphatic carboxylic acids is 1. The summed E-state index contributed by atoms with van der Waals surface area (Å²) in [5.41, 5.74) is 0.799. The molecule has 82 valence electrons. The highest BCUT2D eigenvalue weighted by Gasteiger charge is 2.08. The lowest BCUT2D eigenvalue weighted by Gasteiger charge is -2.12. The fourth-order valence-corrected chi connectivity index (χ4v) is 1.19. The van der Waals surface area contributed by atoms with Gasteiger partial charge in [-0.1, -0.05) is 12.1 Å². The SMILES string of the molecule is CC(CC(=O)O)Oc1ccc(CO)cc1. The largest absolute Gasteiger partial charge is 0.490 e. The van der Waals surface area contributed by atoms with Crippen LogP contribution in [0.3, 0.4) is 0 Å².